The lowest BCUT2D eigenvalue weighted by atomic mass is 10.3. The molecule has 0 saturated carbocycles. The zero-order chi connectivity index (χ0) is 18.4. The van der Waals surface area contributed by atoms with E-state index < -0.39 is 4.92 Å². The van der Waals surface area contributed by atoms with Gasteiger partial charge < -0.3 is 5.32 Å². The Bertz CT molecular complexity index is 996. The van der Waals surface area contributed by atoms with Gasteiger partial charge in [0.05, 0.1) is 15.5 Å². The van der Waals surface area contributed by atoms with Crippen molar-refractivity contribution in [3.8, 4) is 6.07 Å². The van der Waals surface area contributed by atoms with Crippen molar-refractivity contribution in [2.24, 2.45) is 0 Å². The molecule has 0 aliphatic heterocycles. The molecule has 2 N–H and O–H groups in total. The minimum Gasteiger partial charge on any atom is -0.359 e. The molecule has 0 amide bonds. The van der Waals surface area contributed by atoms with Gasteiger partial charge in [-0.15, -0.1) is 10.2 Å². The third-order valence-corrected chi connectivity index (χ3v) is 4.39. The molecular formula is C16H11N7O2S. The molecule has 3 aromatic rings. The van der Waals surface area contributed by atoms with E-state index in [1.165, 1.54) is 24.0 Å². The SMILES string of the molecule is N#CC(=CNc1ccccc1Sc1ccccc1[N+](=O)[O-])c1nn[nH]n1. The smallest absolute Gasteiger partial charge is 0.283 e. The fourth-order valence-electron chi connectivity index (χ4n) is 2.06. The summed E-state index contributed by atoms with van der Waals surface area (Å²) in [6, 6.07) is 15.8. The summed E-state index contributed by atoms with van der Waals surface area (Å²) in [5, 5.41) is 36.7. The highest BCUT2D eigenvalue weighted by Crippen LogP contribution is 2.38. The van der Waals surface area contributed by atoms with Crippen LogP contribution >= 0.6 is 11.8 Å². The Labute approximate surface area is 151 Å². The van der Waals surface area contributed by atoms with E-state index >= 15 is 0 Å². The number of allylic oxidation sites excluding steroid dienone is 1. The van der Waals surface area contributed by atoms with Crippen LogP contribution in [0.25, 0.3) is 5.57 Å². The van der Waals surface area contributed by atoms with Crippen molar-refractivity contribution in [3.63, 3.8) is 0 Å². The quantitative estimate of drug-likeness (QED) is 0.386. The molecule has 0 atom stereocenters. The number of nitriles is 1. The van der Waals surface area contributed by atoms with Crippen LogP contribution < -0.4 is 5.32 Å². The standard InChI is InChI=1S/C16H11N7O2S/c17-9-11(16-19-21-22-20-16)10-18-12-5-1-3-7-14(12)26-15-8-4-2-6-13(15)23(24)25/h1-8,10,18H,(H,19,20,21,22). The molecule has 128 valence electrons. The van der Waals surface area contributed by atoms with Crippen LogP contribution in [0.1, 0.15) is 5.82 Å². The normalized spacial score (nSPS) is 11.0. The Balaban J connectivity index is 1.88. The van der Waals surface area contributed by atoms with Gasteiger partial charge in [0.25, 0.3) is 5.69 Å². The molecule has 10 heteroatoms. The second-order valence-electron chi connectivity index (χ2n) is 4.87. The van der Waals surface area contributed by atoms with E-state index in [2.05, 4.69) is 25.9 Å². The second kappa shape index (κ2) is 7.91. The van der Waals surface area contributed by atoms with Gasteiger partial charge in [0.1, 0.15) is 11.6 Å². The van der Waals surface area contributed by atoms with E-state index in [0.29, 0.717) is 10.6 Å². The highest BCUT2D eigenvalue weighted by Gasteiger charge is 2.15. The molecule has 3 rings (SSSR count). The molecule has 0 bridgehead atoms. The fourth-order valence-corrected chi connectivity index (χ4v) is 3.07. The highest BCUT2D eigenvalue weighted by atomic mass is 32.2. The van der Waals surface area contributed by atoms with Crippen molar-refractivity contribution in [3.05, 3.63) is 70.7 Å². The molecule has 9 nitrogen and oxygen atoms in total. The van der Waals surface area contributed by atoms with E-state index in [1.54, 1.807) is 24.3 Å². The molecule has 0 radical (unpaired) electrons. The number of tetrazole rings is 1. The topological polar surface area (TPSA) is 133 Å². The number of H-pyrrole nitrogens is 1. The number of nitrogens with zero attached hydrogens (tertiary/aromatic N) is 5. The largest absolute Gasteiger partial charge is 0.359 e. The Hall–Kier alpha value is -3.71. The van der Waals surface area contributed by atoms with Crippen molar-refractivity contribution in [2.45, 2.75) is 9.79 Å². The average Bonchev–Trinajstić information content (AvgIpc) is 3.18. The van der Waals surface area contributed by atoms with Crippen LogP contribution in [0.15, 0.2) is 64.5 Å². The predicted molar refractivity (Wildman–Crippen MR) is 95.1 cm³/mol. The molecule has 0 unspecified atom stereocenters. The Kier molecular flexibility index (Phi) is 5.21. The van der Waals surface area contributed by atoms with Gasteiger partial charge in [-0.1, -0.05) is 36.0 Å². The number of para-hydroxylation sites is 2. The van der Waals surface area contributed by atoms with Crippen LogP contribution in [-0.4, -0.2) is 25.5 Å². The molecule has 0 saturated heterocycles. The van der Waals surface area contributed by atoms with Gasteiger partial charge in [0.2, 0.25) is 5.82 Å². The monoisotopic (exact) mass is 365 g/mol. The predicted octanol–water partition coefficient (Wildman–Crippen LogP) is 3.24. The number of hydrogen-bond acceptors (Lipinski definition) is 8. The molecule has 2 aromatic carbocycles. The summed E-state index contributed by atoms with van der Waals surface area (Å²) in [6.07, 6.45) is 1.46. The zero-order valence-electron chi connectivity index (χ0n) is 13.2. The van der Waals surface area contributed by atoms with Gasteiger partial charge in [0, 0.05) is 17.2 Å². The summed E-state index contributed by atoms with van der Waals surface area (Å²) in [5.74, 6) is 0.170. The summed E-state index contributed by atoms with van der Waals surface area (Å²) in [4.78, 5) is 12.1. The highest BCUT2D eigenvalue weighted by molar-refractivity contribution is 7.99. The van der Waals surface area contributed by atoms with E-state index in [0.717, 1.165) is 4.90 Å². The summed E-state index contributed by atoms with van der Waals surface area (Å²) in [7, 11) is 0. The molecular weight excluding hydrogens is 354 g/mol. The number of nitrogens with one attached hydrogen (secondary N) is 2. The van der Waals surface area contributed by atoms with Crippen molar-refractivity contribution in [1.29, 1.82) is 5.26 Å². The maximum Gasteiger partial charge on any atom is 0.283 e. The van der Waals surface area contributed by atoms with E-state index in [4.69, 9.17) is 0 Å². The van der Waals surface area contributed by atoms with Crippen LogP contribution in [0.3, 0.4) is 0 Å². The van der Waals surface area contributed by atoms with Crippen LogP contribution in [0.4, 0.5) is 11.4 Å². The number of nitro groups is 1. The number of benzene rings is 2. The minimum atomic E-state index is -0.414. The molecule has 0 spiro atoms. The summed E-state index contributed by atoms with van der Waals surface area (Å²) >= 11 is 1.26. The van der Waals surface area contributed by atoms with Gasteiger partial charge in [-0.05, 0) is 23.4 Å². The fraction of sp³-hybridized carbons (Fsp3) is 0. The van der Waals surface area contributed by atoms with Gasteiger partial charge in [0.15, 0.2) is 0 Å². The van der Waals surface area contributed by atoms with Crippen molar-refractivity contribution < 1.29 is 4.92 Å². The Morgan fingerprint density at radius 2 is 1.96 bits per heavy atom. The summed E-state index contributed by atoms with van der Waals surface area (Å²) < 4.78 is 0. The minimum absolute atomic E-state index is 0.0346. The van der Waals surface area contributed by atoms with E-state index in [9.17, 15) is 15.4 Å². The third kappa shape index (κ3) is 3.85. The van der Waals surface area contributed by atoms with Crippen LogP contribution in [0.2, 0.25) is 0 Å². The number of rotatable bonds is 6. The van der Waals surface area contributed by atoms with Gasteiger partial charge in [-0.3, -0.25) is 10.1 Å². The van der Waals surface area contributed by atoms with E-state index in [1.807, 2.05) is 24.3 Å². The molecule has 1 aromatic heterocycles. The first-order valence-electron chi connectivity index (χ1n) is 7.30. The zero-order valence-corrected chi connectivity index (χ0v) is 14.0. The first kappa shape index (κ1) is 17.1. The van der Waals surface area contributed by atoms with Crippen LogP contribution in [-0.2, 0) is 0 Å². The number of hydrogen-bond donors (Lipinski definition) is 2. The number of aromatic nitrogens is 4. The second-order valence-corrected chi connectivity index (χ2v) is 5.96. The van der Waals surface area contributed by atoms with Gasteiger partial charge in [-0.2, -0.15) is 10.5 Å². The van der Waals surface area contributed by atoms with Gasteiger partial charge >= 0.3 is 0 Å². The molecule has 0 aliphatic rings. The molecule has 1 heterocycles. The average molecular weight is 365 g/mol. The number of anilines is 1. The van der Waals surface area contributed by atoms with Crippen molar-refractivity contribution in [2.75, 3.05) is 5.32 Å². The lowest BCUT2D eigenvalue weighted by molar-refractivity contribution is -0.387. The summed E-state index contributed by atoms with van der Waals surface area (Å²) in [5.41, 5.74) is 0.920. The Morgan fingerprint density at radius 3 is 2.65 bits per heavy atom. The summed E-state index contributed by atoms with van der Waals surface area (Å²) in [6.45, 7) is 0. The first-order chi connectivity index (χ1) is 12.7. The molecule has 0 aliphatic carbocycles. The van der Waals surface area contributed by atoms with Gasteiger partial charge in [-0.25, -0.2) is 0 Å². The van der Waals surface area contributed by atoms with Crippen molar-refractivity contribution in [1.82, 2.24) is 20.6 Å². The maximum absolute atomic E-state index is 11.2. The van der Waals surface area contributed by atoms with E-state index in [-0.39, 0.29) is 17.1 Å². The molecule has 26 heavy (non-hydrogen) atoms. The van der Waals surface area contributed by atoms with Crippen LogP contribution in [0.5, 0.6) is 0 Å². The number of nitro benzene ring substituents is 1. The Morgan fingerprint density at radius 1 is 1.23 bits per heavy atom. The van der Waals surface area contributed by atoms with Crippen molar-refractivity contribution >= 4 is 28.7 Å². The number of aromatic amines is 1. The van der Waals surface area contributed by atoms with Crippen LogP contribution in [0, 0.1) is 21.4 Å². The third-order valence-electron chi connectivity index (χ3n) is 3.25. The first-order valence-corrected chi connectivity index (χ1v) is 8.11. The maximum atomic E-state index is 11.2. The lowest BCUT2D eigenvalue weighted by Crippen LogP contribution is -1.95. The molecule has 0 fully saturated rings. The lowest BCUT2D eigenvalue weighted by Gasteiger charge is -2.09.